The molecule has 21 heavy (non-hydrogen) atoms. The summed E-state index contributed by atoms with van der Waals surface area (Å²) < 4.78 is 5.68. The average Bonchev–Trinajstić information content (AvgIpc) is 3.31. The number of rotatable bonds is 3. The monoisotopic (exact) mass is 288 g/mol. The van der Waals surface area contributed by atoms with Crippen LogP contribution in [0.2, 0.25) is 0 Å². The number of benzene rings is 1. The van der Waals surface area contributed by atoms with Crippen molar-refractivity contribution in [1.29, 1.82) is 0 Å². The highest BCUT2D eigenvalue weighted by Gasteiger charge is 2.53. The van der Waals surface area contributed by atoms with Crippen LogP contribution >= 0.6 is 0 Å². The second-order valence-corrected chi connectivity index (χ2v) is 6.23. The topological polar surface area (TPSA) is 55.6 Å². The predicted molar refractivity (Wildman–Crippen MR) is 82.1 cm³/mol. The van der Waals surface area contributed by atoms with E-state index < -0.39 is 0 Å². The highest BCUT2D eigenvalue weighted by atomic mass is 16.5. The molecule has 0 aromatic heterocycles. The number of nitrogens with zero attached hydrogens (tertiary/aromatic N) is 1. The first-order valence-corrected chi connectivity index (χ1v) is 7.84. The average molecular weight is 288 g/mol. The Kier molecular flexibility index (Phi) is 4.00. The van der Waals surface area contributed by atoms with Gasteiger partial charge in [0.15, 0.2) is 0 Å². The van der Waals surface area contributed by atoms with Crippen LogP contribution in [0.3, 0.4) is 0 Å². The van der Waals surface area contributed by atoms with E-state index >= 15 is 0 Å². The molecule has 1 aliphatic carbocycles. The number of hydrogen-bond acceptors (Lipinski definition) is 3. The third kappa shape index (κ3) is 2.70. The summed E-state index contributed by atoms with van der Waals surface area (Å²) in [7, 11) is 0. The van der Waals surface area contributed by atoms with Crippen molar-refractivity contribution in [2.24, 2.45) is 5.73 Å². The fraction of sp³-hybridized carbons (Fsp3) is 0.588. The Balaban J connectivity index is 1.82. The van der Waals surface area contributed by atoms with E-state index in [1.54, 1.807) is 0 Å². The molecule has 3 rings (SSSR count). The Bertz CT molecular complexity index is 525. The van der Waals surface area contributed by atoms with Crippen molar-refractivity contribution in [3.05, 3.63) is 35.4 Å². The molecule has 1 unspecified atom stereocenters. The van der Waals surface area contributed by atoms with E-state index in [2.05, 4.69) is 19.1 Å². The second-order valence-electron chi connectivity index (χ2n) is 6.23. The summed E-state index contributed by atoms with van der Waals surface area (Å²) in [5.74, 6) is 0.265. The van der Waals surface area contributed by atoms with E-state index in [0.29, 0.717) is 19.7 Å². The molecule has 4 heteroatoms. The van der Waals surface area contributed by atoms with Gasteiger partial charge in [0.05, 0.1) is 11.5 Å². The van der Waals surface area contributed by atoms with Gasteiger partial charge in [-0.1, -0.05) is 24.3 Å². The quantitative estimate of drug-likeness (QED) is 0.919. The Morgan fingerprint density at radius 2 is 2.19 bits per heavy atom. The van der Waals surface area contributed by atoms with Crippen LogP contribution in [0.4, 0.5) is 0 Å². The molecular formula is C17H24N2O2. The Morgan fingerprint density at radius 3 is 2.86 bits per heavy atom. The van der Waals surface area contributed by atoms with Gasteiger partial charge in [-0.05, 0) is 37.3 Å². The van der Waals surface area contributed by atoms with E-state index in [-0.39, 0.29) is 17.4 Å². The lowest BCUT2D eigenvalue weighted by atomic mass is 9.90. The maximum atomic E-state index is 13.1. The first kappa shape index (κ1) is 14.5. The molecule has 1 saturated heterocycles. The van der Waals surface area contributed by atoms with Crippen molar-refractivity contribution < 1.29 is 9.53 Å². The molecule has 1 amide bonds. The van der Waals surface area contributed by atoms with Gasteiger partial charge in [0, 0.05) is 26.2 Å². The summed E-state index contributed by atoms with van der Waals surface area (Å²) in [6.07, 6.45) is 2.79. The molecule has 0 radical (unpaired) electrons. The van der Waals surface area contributed by atoms with E-state index in [4.69, 9.17) is 10.5 Å². The van der Waals surface area contributed by atoms with Gasteiger partial charge in [0.2, 0.25) is 5.91 Å². The minimum atomic E-state index is -0.283. The Labute approximate surface area is 126 Å². The highest BCUT2D eigenvalue weighted by molar-refractivity contribution is 5.91. The van der Waals surface area contributed by atoms with Crippen molar-refractivity contribution in [1.82, 2.24) is 4.90 Å². The van der Waals surface area contributed by atoms with E-state index in [0.717, 1.165) is 25.8 Å². The summed E-state index contributed by atoms with van der Waals surface area (Å²) >= 11 is 0. The summed E-state index contributed by atoms with van der Waals surface area (Å²) in [6.45, 7) is 4.67. The zero-order chi connectivity index (χ0) is 14.9. The molecule has 0 bridgehead atoms. The van der Waals surface area contributed by atoms with Crippen molar-refractivity contribution in [2.45, 2.75) is 37.7 Å². The standard InChI is InChI=1S/C17H24N2O2/c1-13-5-2-3-6-15(13)17(7-8-17)16(20)19-9-4-10-21-14(11-18)12-19/h2-3,5-6,14H,4,7-12,18H2,1H3. The van der Waals surface area contributed by atoms with E-state index in [1.165, 1.54) is 11.1 Å². The molecule has 1 aliphatic heterocycles. The first-order valence-electron chi connectivity index (χ1n) is 7.84. The lowest BCUT2D eigenvalue weighted by Crippen LogP contribution is -2.44. The number of aryl methyl sites for hydroxylation is 1. The van der Waals surface area contributed by atoms with Crippen molar-refractivity contribution in [3.8, 4) is 0 Å². The summed E-state index contributed by atoms with van der Waals surface area (Å²) in [5.41, 5.74) is 7.86. The molecule has 1 atom stereocenters. The van der Waals surface area contributed by atoms with Crippen molar-refractivity contribution >= 4 is 5.91 Å². The van der Waals surface area contributed by atoms with Crippen molar-refractivity contribution in [3.63, 3.8) is 0 Å². The van der Waals surface area contributed by atoms with Gasteiger partial charge in [0.1, 0.15) is 0 Å². The summed E-state index contributed by atoms with van der Waals surface area (Å²) in [5, 5.41) is 0. The van der Waals surface area contributed by atoms with Crippen molar-refractivity contribution in [2.75, 3.05) is 26.2 Å². The number of carbonyl (C=O) groups excluding carboxylic acids is 1. The van der Waals surface area contributed by atoms with E-state index in [1.807, 2.05) is 17.0 Å². The molecule has 0 spiro atoms. The van der Waals surface area contributed by atoms with Crippen LogP contribution in [0.25, 0.3) is 0 Å². The van der Waals surface area contributed by atoms with Crippen LogP contribution < -0.4 is 5.73 Å². The molecule has 1 aromatic carbocycles. The van der Waals surface area contributed by atoms with E-state index in [9.17, 15) is 4.79 Å². The summed E-state index contributed by atoms with van der Waals surface area (Å²) in [6, 6.07) is 8.26. The number of ether oxygens (including phenoxy) is 1. The second kappa shape index (κ2) is 5.78. The molecule has 2 fully saturated rings. The fourth-order valence-electron chi connectivity index (χ4n) is 3.36. The zero-order valence-electron chi connectivity index (χ0n) is 12.7. The molecule has 4 nitrogen and oxygen atoms in total. The maximum Gasteiger partial charge on any atom is 0.233 e. The normalized spacial score (nSPS) is 24.5. The highest BCUT2D eigenvalue weighted by Crippen LogP contribution is 2.50. The van der Waals surface area contributed by atoms with Gasteiger partial charge in [-0.2, -0.15) is 0 Å². The minimum absolute atomic E-state index is 0.0240. The van der Waals surface area contributed by atoms with Crippen LogP contribution in [0.5, 0.6) is 0 Å². The Morgan fingerprint density at radius 1 is 1.43 bits per heavy atom. The zero-order valence-corrected chi connectivity index (χ0v) is 12.7. The number of nitrogens with two attached hydrogens (primary N) is 1. The third-order valence-corrected chi connectivity index (χ3v) is 4.72. The smallest absolute Gasteiger partial charge is 0.233 e. The molecule has 2 aliphatic rings. The largest absolute Gasteiger partial charge is 0.375 e. The minimum Gasteiger partial charge on any atom is -0.375 e. The van der Waals surface area contributed by atoms with Crippen LogP contribution in [0.15, 0.2) is 24.3 Å². The fourth-order valence-corrected chi connectivity index (χ4v) is 3.36. The van der Waals surface area contributed by atoms with Gasteiger partial charge in [0.25, 0.3) is 0 Å². The molecular weight excluding hydrogens is 264 g/mol. The lowest BCUT2D eigenvalue weighted by Gasteiger charge is -2.28. The molecule has 1 heterocycles. The van der Waals surface area contributed by atoms with Crippen LogP contribution in [0.1, 0.15) is 30.4 Å². The maximum absolute atomic E-state index is 13.1. The van der Waals surface area contributed by atoms with Gasteiger partial charge in [-0.15, -0.1) is 0 Å². The first-order chi connectivity index (χ1) is 10.2. The third-order valence-electron chi connectivity index (χ3n) is 4.72. The van der Waals surface area contributed by atoms with Crippen LogP contribution in [-0.2, 0) is 14.9 Å². The predicted octanol–water partition coefficient (Wildman–Crippen LogP) is 1.60. The number of hydrogen-bond donors (Lipinski definition) is 1. The summed E-state index contributed by atoms with van der Waals surface area (Å²) in [4.78, 5) is 15.1. The van der Waals surface area contributed by atoms with Gasteiger partial charge in [-0.25, -0.2) is 0 Å². The Hall–Kier alpha value is -1.39. The number of amides is 1. The van der Waals surface area contributed by atoms with Crippen LogP contribution in [-0.4, -0.2) is 43.2 Å². The molecule has 114 valence electrons. The molecule has 2 N–H and O–H groups in total. The SMILES string of the molecule is Cc1ccccc1C1(C(=O)N2CCCOC(CN)C2)CC1. The van der Waals surface area contributed by atoms with Gasteiger partial charge < -0.3 is 15.4 Å². The molecule has 1 aromatic rings. The van der Waals surface area contributed by atoms with Gasteiger partial charge in [-0.3, -0.25) is 4.79 Å². The van der Waals surface area contributed by atoms with Gasteiger partial charge >= 0.3 is 0 Å². The lowest BCUT2D eigenvalue weighted by molar-refractivity contribution is -0.134. The number of carbonyl (C=O) groups is 1. The molecule has 1 saturated carbocycles. The van der Waals surface area contributed by atoms with Crippen LogP contribution in [0, 0.1) is 6.92 Å².